The number of carbonyl (C=O) groups excluding carboxylic acids is 1. The number of hydrogen-bond donors (Lipinski definition) is 1. The van der Waals surface area contributed by atoms with E-state index in [-0.39, 0.29) is 5.91 Å². The first-order valence-electron chi connectivity index (χ1n) is 11.7. The van der Waals surface area contributed by atoms with Gasteiger partial charge in [0.25, 0.3) is 5.91 Å². The van der Waals surface area contributed by atoms with Crippen molar-refractivity contribution in [2.75, 3.05) is 13.2 Å². The largest absolute Gasteiger partial charge is 0.493 e. The lowest BCUT2D eigenvalue weighted by molar-refractivity contribution is 0.0957. The third-order valence-electron chi connectivity index (χ3n) is 5.72. The summed E-state index contributed by atoms with van der Waals surface area (Å²) in [7, 11) is 0. The Kier molecular flexibility index (Phi) is 8.14. The van der Waals surface area contributed by atoms with E-state index in [4.69, 9.17) is 9.72 Å². The summed E-state index contributed by atoms with van der Waals surface area (Å²) in [5.41, 5.74) is 3.40. The molecule has 4 rings (SSSR count). The second kappa shape index (κ2) is 11.7. The van der Waals surface area contributed by atoms with Crippen molar-refractivity contribution in [2.24, 2.45) is 0 Å². The standard InChI is InChI=1S/C27H31N3O2S/c1-21-11-4-7-14-24(21)32-19-10-18-30-23-13-6-5-12-22(23)29-26(30)16-3-2-8-17-28-27(31)25-15-9-20-33-25/h4-7,9,11-15,20H,2-3,8,10,16-19H2,1H3,(H,28,31). The van der Waals surface area contributed by atoms with E-state index in [9.17, 15) is 4.79 Å². The number of imidazole rings is 1. The van der Waals surface area contributed by atoms with E-state index < -0.39 is 0 Å². The molecule has 0 spiro atoms. The zero-order valence-corrected chi connectivity index (χ0v) is 19.9. The van der Waals surface area contributed by atoms with Gasteiger partial charge in [0, 0.05) is 19.5 Å². The van der Waals surface area contributed by atoms with Crippen molar-refractivity contribution in [3.63, 3.8) is 0 Å². The van der Waals surface area contributed by atoms with Gasteiger partial charge in [0.1, 0.15) is 11.6 Å². The highest BCUT2D eigenvalue weighted by atomic mass is 32.1. The Morgan fingerprint density at radius 2 is 1.85 bits per heavy atom. The van der Waals surface area contributed by atoms with Crippen LogP contribution in [0.4, 0.5) is 0 Å². The summed E-state index contributed by atoms with van der Waals surface area (Å²) in [5.74, 6) is 2.12. The van der Waals surface area contributed by atoms with Crippen molar-refractivity contribution in [1.82, 2.24) is 14.9 Å². The topological polar surface area (TPSA) is 56.1 Å². The number of fused-ring (bicyclic) bond motifs is 1. The van der Waals surface area contributed by atoms with E-state index >= 15 is 0 Å². The Morgan fingerprint density at radius 1 is 1.00 bits per heavy atom. The Bertz CT molecular complexity index is 1170. The molecule has 172 valence electrons. The summed E-state index contributed by atoms with van der Waals surface area (Å²) in [4.78, 5) is 17.7. The number of ether oxygens (including phenoxy) is 1. The molecule has 0 saturated carbocycles. The van der Waals surface area contributed by atoms with Gasteiger partial charge in [-0.05, 0) is 61.4 Å². The molecule has 0 aliphatic carbocycles. The lowest BCUT2D eigenvalue weighted by Gasteiger charge is -2.12. The first kappa shape index (κ1) is 23.1. The van der Waals surface area contributed by atoms with Gasteiger partial charge in [0.2, 0.25) is 0 Å². The van der Waals surface area contributed by atoms with Crippen LogP contribution in [-0.2, 0) is 13.0 Å². The van der Waals surface area contributed by atoms with Gasteiger partial charge in [0.15, 0.2) is 0 Å². The maximum atomic E-state index is 12.0. The summed E-state index contributed by atoms with van der Waals surface area (Å²) in [6, 6.07) is 20.2. The predicted molar refractivity (Wildman–Crippen MR) is 135 cm³/mol. The highest BCUT2D eigenvalue weighted by molar-refractivity contribution is 7.12. The predicted octanol–water partition coefficient (Wildman–Crippen LogP) is 6.02. The first-order valence-corrected chi connectivity index (χ1v) is 12.5. The van der Waals surface area contributed by atoms with Gasteiger partial charge in [0.05, 0.1) is 22.5 Å². The van der Waals surface area contributed by atoms with Crippen LogP contribution in [0.25, 0.3) is 11.0 Å². The van der Waals surface area contributed by atoms with Crippen LogP contribution in [0.5, 0.6) is 5.75 Å². The molecule has 33 heavy (non-hydrogen) atoms. The molecule has 4 aromatic rings. The van der Waals surface area contributed by atoms with Crippen LogP contribution >= 0.6 is 11.3 Å². The minimum atomic E-state index is 0.0275. The second-order valence-electron chi connectivity index (χ2n) is 8.18. The monoisotopic (exact) mass is 461 g/mol. The lowest BCUT2D eigenvalue weighted by Crippen LogP contribution is -2.23. The van der Waals surface area contributed by atoms with Crippen molar-refractivity contribution < 1.29 is 9.53 Å². The number of nitrogens with zero attached hydrogens (tertiary/aromatic N) is 2. The Labute approximate surface area is 199 Å². The zero-order valence-electron chi connectivity index (χ0n) is 19.1. The fourth-order valence-electron chi connectivity index (χ4n) is 3.97. The molecule has 0 bridgehead atoms. The van der Waals surface area contributed by atoms with E-state index in [0.717, 1.165) is 66.2 Å². The van der Waals surface area contributed by atoms with Crippen molar-refractivity contribution in [3.05, 3.63) is 82.3 Å². The molecular weight excluding hydrogens is 430 g/mol. The molecule has 2 heterocycles. The molecule has 0 aliphatic rings. The third-order valence-corrected chi connectivity index (χ3v) is 6.59. The number of unbranched alkanes of at least 4 members (excludes halogenated alkanes) is 2. The van der Waals surface area contributed by atoms with E-state index in [1.54, 1.807) is 0 Å². The molecule has 2 aromatic heterocycles. The van der Waals surface area contributed by atoms with Crippen molar-refractivity contribution >= 4 is 28.3 Å². The average Bonchev–Trinajstić information content (AvgIpc) is 3.48. The number of para-hydroxylation sites is 3. The number of nitrogens with one attached hydrogen (secondary N) is 1. The highest BCUT2D eigenvalue weighted by Crippen LogP contribution is 2.20. The number of rotatable bonds is 12. The minimum absolute atomic E-state index is 0.0275. The molecule has 0 atom stereocenters. The van der Waals surface area contributed by atoms with Gasteiger partial charge >= 0.3 is 0 Å². The molecular formula is C27H31N3O2S. The van der Waals surface area contributed by atoms with E-state index in [0.29, 0.717) is 13.2 Å². The summed E-state index contributed by atoms with van der Waals surface area (Å²) in [5, 5.41) is 4.93. The smallest absolute Gasteiger partial charge is 0.261 e. The number of amides is 1. The van der Waals surface area contributed by atoms with Crippen molar-refractivity contribution in [3.8, 4) is 5.75 Å². The number of benzene rings is 2. The fraction of sp³-hybridized carbons (Fsp3) is 0.333. The summed E-state index contributed by atoms with van der Waals surface area (Å²) < 4.78 is 8.33. The van der Waals surface area contributed by atoms with Gasteiger partial charge in [-0.15, -0.1) is 11.3 Å². The van der Waals surface area contributed by atoms with Crippen LogP contribution in [0, 0.1) is 6.92 Å². The Balaban J connectivity index is 1.26. The average molecular weight is 462 g/mol. The quantitative estimate of drug-likeness (QED) is 0.263. The number of thiophene rings is 1. The summed E-state index contributed by atoms with van der Waals surface area (Å²) >= 11 is 1.48. The van der Waals surface area contributed by atoms with Crippen LogP contribution in [-0.4, -0.2) is 28.6 Å². The lowest BCUT2D eigenvalue weighted by atomic mass is 10.2. The van der Waals surface area contributed by atoms with Gasteiger partial charge in [-0.2, -0.15) is 0 Å². The van der Waals surface area contributed by atoms with E-state index in [1.807, 2.05) is 41.8 Å². The summed E-state index contributed by atoms with van der Waals surface area (Å²) in [6.45, 7) is 4.35. The molecule has 0 aliphatic heterocycles. The molecule has 0 saturated heterocycles. The third kappa shape index (κ3) is 6.23. The van der Waals surface area contributed by atoms with Crippen LogP contribution < -0.4 is 10.1 Å². The normalized spacial score (nSPS) is 11.1. The number of hydrogen-bond acceptors (Lipinski definition) is 4. The van der Waals surface area contributed by atoms with Gasteiger partial charge in [-0.1, -0.05) is 42.8 Å². The van der Waals surface area contributed by atoms with E-state index in [1.165, 1.54) is 16.9 Å². The first-order chi connectivity index (χ1) is 16.2. The maximum absolute atomic E-state index is 12.0. The molecule has 0 radical (unpaired) electrons. The van der Waals surface area contributed by atoms with Crippen molar-refractivity contribution in [2.45, 2.75) is 45.6 Å². The minimum Gasteiger partial charge on any atom is -0.493 e. The molecule has 1 amide bonds. The number of aryl methyl sites for hydroxylation is 3. The highest BCUT2D eigenvalue weighted by Gasteiger charge is 2.11. The Morgan fingerprint density at radius 3 is 2.70 bits per heavy atom. The molecule has 0 fully saturated rings. The van der Waals surface area contributed by atoms with E-state index in [2.05, 4.69) is 41.1 Å². The Hall–Kier alpha value is -3.12. The summed E-state index contributed by atoms with van der Waals surface area (Å²) in [6.07, 6.45) is 4.95. The molecule has 1 N–H and O–H groups in total. The maximum Gasteiger partial charge on any atom is 0.261 e. The van der Waals surface area contributed by atoms with Gasteiger partial charge in [-0.3, -0.25) is 4.79 Å². The van der Waals surface area contributed by atoms with Crippen LogP contribution in [0.2, 0.25) is 0 Å². The van der Waals surface area contributed by atoms with Gasteiger partial charge in [-0.25, -0.2) is 4.98 Å². The fourth-order valence-corrected chi connectivity index (χ4v) is 4.61. The van der Waals surface area contributed by atoms with Crippen LogP contribution in [0.3, 0.4) is 0 Å². The molecule has 6 heteroatoms. The zero-order chi connectivity index (χ0) is 22.9. The number of carbonyl (C=O) groups is 1. The SMILES string of the molecule is Cc1ccccc1OCCCn1c(CCCCCNC(=O)c2cccs2)nc2ccccc21. The van der Waals surface area contributed by atoms with Crippen LogP contribution in [0.15, 0.2) is 66.0 Å². The second-order valence-corrected chi connectivity index (χ2v) is 9.13. The molecule has 0 unspecified atom stereocenters. The number of aromatic nitrogens is 2. The van der Waals surface area contributed by atoms with Crippen molar-refractivity contribution in [1.29, 1.82) is 0 Å². The molecule has 2 aromatic carbocycles. The van der Waals surface area contributed by atoms with Crippen LogP contribution in [0.1, 0.15) is 46.7 Å². The molecule has 5 nitrogen and oxygen atoms in total. The van der Waals surface area contributed by atoms with Gasteiger partial charge < -0.3 is 14.6 Å².